The van der Waals surface area contributed by atoms with Gasteiger partial charge in [-0.3, -0.25) is 4.79 Å². The van der Waals surface area contributed by atoms with Crippen LogP contribution < -0.4 is 0 Å². The summed E-state index contributed by atoms with van der Waals surface area (Å²) in [6, 6.07) is 10.0. The van der Waals surface area contributed by atoms with Gasteiger partial charge in [0.2, 0.25) is 0 Å². The van der Waals surface area contributed by atoms with Gasteiger partial charge < -0.3 is 4.42 Å². The van der Waals surface area contributed by atoms with Crippen molar-refractivity contribution in [3.05, 3.63) is 36.1 Å². The van der Waals surface area contributed by atoms with E-state index in [1.54, 1.807) is 6.92 Å². The average molecular weight is 200 g/mol. The molecule has 15 heavy (non-hydrogen) atoms. The fourth-order valence-corrected chi connectivity index (χ4v) is 2.14. The van der Waals surface area contributed by atoms with E-state index in [2.05, 4.69) is 6.07 Å². The number of Topliss-reactive ketones (excluding diaryl/α,β-unsaturated/α-hetero) is 1. The van der Waals surface area contributed by atoms with Gasteiger partial charge in [-0.2, -0.15) is 0 Å². The monoisotopic (exact) mass is 200 g/mol. The first-order chi connectivity index (χ1) is 7.25. The molecule has 1 aliphatic rings. The highest BCUT2D eigenvalue weighted by molar-refractivity contribution is 5.83. The predicted molar refractivity (Wildman–Crippen MR) is 57.7 cm³/mol. The molecule has 1 aromatic carbocycles. The van der Waals surface area contributed by atoms with E-state index in [-0.39, 0.29) is 11.7 Å². The van der Waals surface area contributed by atoms with Crippen LogP contribution in [0, 0.1) is 5.92 Å². The summed E-state index contributed by atoms with van der Waals surface area (Å²) in [6.07, 6.45) is 0.954. The lowest BCUT2D eigenvalue weighted by Crippen LogP contribution is -1.93. The number of hydrogen-bond donors (Lipinski definition) is 0. The van der Waals surface area contributed by atoms with Gasteiger partial charge in [0, 0.05) is 17.2 Å². The molecule has 1 fully saturated rings. The smallest absolute Gasteiger partial charge is 0.134 e. The average Bonchev–Trinajstić information content (AvgIpc) is 2.91. The molecule has 2 atom stereocenters. The molecule has 1 heterocycles. The summed E-state index contributed by atoms with van der Waals surface area (Å²) in [5, 5.41) is 1.13. The van der Waals surface area contributed by atoms with Gasteiger partial charge in [0.1, 0.15) is 17.1 Å². The minimum Gasteiger partial charge on any atom is -0.461 e. The van der Waals surface area contributed by atoms with Crippen molar-refractivity contribution < 1.29 is 9.21 Å². The van der Waals surface area contributed by atoms with Crippen LogP contribution in [0.15, 0.2) is 34.7 Å². The molecule has 0 aliphatic heterocycles. The molecule has 2 aromatic rings. The number of rotatable bonds is 2. The van der Waals surface area contributed by atoms with E-state index in [1.807, 2.05) is 24.3 Å². The molecular formula is C13H12O2. The summed E-state index contributed by atoms with van der Waals surface area (Å²) in [4.78, 5) is 11.2. The zero-order valence-electron chi connectivity index (χ0n) is 8.57. The second-order valence-corrected chi connectivity index (χ2v) is 4.25. The van der Waals surface area contributed by atoms with Gasteiger partial charge in [0.05, 0.1) is 0 Å². The lowest BCUT2D eigenvalue weighted by Gasteiger charge is -1.90. The van der Waals surface area contributed by atoms with E-state index in [0.717, 1.165) is 23.2 Å². The van der Waals surface area contributed by atoms with Crippen molar-refractivity contribution in [2.24, 2.45) is 5.92 Å². The van der Waals surface area contributed by atoms with Crippen molar-refractivity contribution in [2.45, 2.75) is 19.3 Å². The topological polar surface area (TPSA) is 30.2 Å². The normalized spacial score (nSPS) is 24.3. The van der Waals surface area contributed by atoms with Crippen molar-refractivity contribution in [2.75, 3.05) is 0 Å². The highest BCUT2D eigenvalue weighted by Crippen LogP contribution is 2.49. The van der Waals surface area contributed by atoms with Crippen molar-refractivity contribution >= 4 is 16.8 Å². The van der Waals surface area contributed by atoms with Crippen LogP contribution in [-0.2, 0) is 4.79 Å². The molecule has 2 unspecified atom stereocenters. The van der Waals surface area contributed by atoms with Crippen LogP contribution in [0.1, 0.15) is 25.0 Å². The van der Waals surface area contributed by atoms with Crippen molar-refractivity contribution in [3.63, 3.8) is 0 Å². The van der Waals surface area contributed by atoms with Crippen molar-refractivity contribution in [1.29, 1.82) is 0 Å². The molecule has 0 saturated heterocycles. The Labute approximate surface area is 87.9 Å². The van der Waals surface area contributed by atoms with Gasteiger partial charge in [-0.15, -0.1) is 0 Å². The first-order valence-electron chi connectivity index (χ1n) is 5.24. The summed E-state index contributed by atoms with van der Waals surface area (Å²) in [5.74, 6) is 1.78. The number of benzene rings is 1. The number of furan rings is 1. The quantitative estimate of drug-likeness (QED) is 0.745. The highest BCUT2D eigenvalue weighted by atomic mass is 16.3. The largest absolute Gasteiger partial charge is 0.461 e. The Morgan fingerprint density at radius 3 is 2.87 bits per heavy atom. The molecule has 1 aromatic heterocycles. The maximum Gasteiger partial charge on any atom is 0.134 e. The Morgan fingerprint density at radius 2 is 2.20 bits per heavy atom. The molecule has 0 bridgehead atoms. The maximum atomic E-state index is 11.2. The minimum absolute atomic E-state index is 0.200. The Balaban J connectivity index is 1.97. The van der Waals surface area contributed by atoms with Crippen LogP contribution in [-0.4, -0.2) is 5.78 Å². The fraction of sp³-hybridized carbons (Fsp3) is 0.308. The van der Waals surface area contributed by atoms with Gasteiger partial charge >= 0.3 is 0 Å². The van der Waals surface area contributed by atoms with Gasteiger partial charge in [-0.25, -0.2) is 0 Å². The number of para-hydroxylation sites is 1. The number of ketones is 1. The summed E-state index contributed by atoms with van der Waals surface area (Å²) < 4.78 is 5.72. The Bertz CT molecular complexity index is 491. The standard InChI is InChI=1S/C13H12O2/c1-8(14)10-7-11(10)13-6-9-4-2-3-5-12(9)15-13/h2-6,10-11H,7H2,1H3. The van der Waals surface area contributed by atoms with Gasteiger partial charge in [-0.1, -0.05) is 18.2 Å². The summed E-state index contributed by atoms with van der Waals surface area (Å²) in [7, 11) is 0. The van der Waals surface area contributed by atoms with Gasteiger partial charge in [-0.05, 0) is 25.5 Å². The second kappa shape index (κ2) is 2.96. The number of carbonyl (C=O) groups is 1. The molecule has 0 radical (unpaired) electrons. The maximum absolute atomic E-state index is 11.2. The molecule has 1 aliphatic carbocycles. The number of hydrogen-bond acceptors (Lipinski definition) is 2. The molecule has 76 valence electrons. The molecule has 1 saturated carbocycles. The first kappa shape index (κ1) is 8.72. The third-order valence-corrected chi connectivity index (χ3v) is 3.12. The van der Waals surface area contributed by atoms with Crippen LogP contribution in [0.3, 0.4) is 0 Å². The molecular weight excluding hydrogens is 188 g/mol. The van der Waals surface area contributed by atoms with Gasteiger partial charge in [0.15, 0.2) is 0 Å². The van der Waals surface area contributed by atoms with E-state index >= 15 is 0 Å². The fourth-order valence-electron chi connectivity index (χ4n) is 2.14. The van der Waals surface area contributed by atoms with Crippen LogP contribution >= 0.6 is 0 Å². The Hall–Kier alpha value is -1.57. The van der Waals surface area contributed by atoms with Crippen LogP contribution in [0.4, 0.5) is 0 Å². The SMILES string of the molecule is CC(=O)C1CC1c1cc2ccccc2o1. The third-order valence-electron chi connectivity index (χ3n) is 3.12. The number of carbonyl (C=O) groups excluding carboxylic acids is 1. The lowest BCUT2D eigenvalue weighted by atomic mass is 10.2. The van der Waals surface area contributed by atoms with Crippen LogP contribution in [0.2, 0.25) is 0 Å². The molecule has 0 amide bonds. The van der Waals surface area contributed by atoms with Crippen molar-refractivity contribution in [3.8, 4) is 0 Å². The summed E-state index contributed by atoms with van der Waals surface area (Å²) in [6.45, 7) is 1.66. The Morgan fingerprint density at radius 1 is 1.40 bits per heavy atom. The lowest BCUT2D eigenvalue weighted by molar-refractivity contribution is -0.118. The van der Waals surface area contributed by atoms with E-state index in [0.29, 0.717) is 5.92 Å². The summed E-state index contributed by atoms with van der Waals surface area (Å²) >= 11 is 0. The van der Waals surface area contributed by atoms with Crippen LogP contribution in [0.25, 0.3) is 11.0 Å². The molecule has 0 N–H and O–H groups in total. The van der Waals surface area contributed by atoms with Crippen molar-refractivity contribution in [1.82, 2.24) is 0 Å². The molecule has 0 spiro atoms. The summed E-state index contributed by atoms with van der Waals surface area (Å²) in [5.41, 5.74) is 0.918. The zero-order chi connectivity index (χ0) is 10.4. The van der Waals surface area contributed by atoms with E-state index in [4.69, 9.17) is 4.42 Å². The van der Waals surface area contributed by atoms with E-state index in [9.17, 15) is 4.79 Å². The highest BCUT2D eigenvalue weighted by Gasteiger charge is 2.43. The minimum atomic E-state index is 0.200. The van der Waals surface area contributed by atoms with E-state index in [1.165, 1.54) is 0 Å². The van der Waals surface area contributed by atoms with Gasteiger partial charge in [0.25, 0.3) is 0 Å². The van der Waals surface area contributed by atoms with Crippen LogP contribution in [0.5, 0.6) is 0 Å². The van der Waals surface area contributed by atoms with E-state index < -0.39 is 0 Å². The zero-order valence-corrected chi connectivity index (χ0v) is 8.57. The Kier molecular flexibility index (Phi) is 1.72. The number of fused-ring (bicyclic) bond motifs is 1. The third kappa shape index (κ3) is 1.37. The second-order valence-electron chi connectivity index (χ2n) is 4.25. The predicted octanol–water partition coefficient (Wildman–Crippen LogP) is 3.13. The molecule has 2 nitrogen and oxygen atoms in total. The first-order valence-corrected chi connectivity index (χ1v) is 5.24. The molecule has 2 heteroatoms. The molecule has 3 rings (SSSR count).